The van der Waals surface area contributed by atoms with Gasteiger partial charge in [-0.1, -0.05) is 0 Å². The molecule has 0 spiro atoms. The second-order valence-corrected chi connectivity index (χ2v) is 4.83. The van der Waals surface area contributed by atoms with Gasteiger partial charge in [-0.25, -0.2) is 4.98 Å². The first-order chi connectivity index (χ1) is 7.49. The number of hydrogen-bond donors (Lipinski definition) is 1. The van der Waals surface area contributed by atoms with Gasteiger partial charge in [0.05, 0.1) is 18.1 Å². The Hall–Kier alpha value is -0.870. The van der Waals surface area contributed by atoms with E-state index in [0.717, 1.165) is 0 Å². The predicted molar refractivity (Wildman–Crippen MR) is 67.3 cm³/mol. The van der Waals surface area contributed by atoms with Crippen LogP contribution in [-0.4, -0.2) is 34.1 Å². The summed E-state index contributed by atoms with van der Waals surface area (Å²) >= 11 is 0. The zero-order valence-corrected chi connectivity index (χ0v) is 11.0. The van der Waals surface area contributed by atoms with Crippen LogP contribution < -0.4 is 5.73 Å². The zero-order valence-electron chi connectivity index (χ0n) is 11.0. The van der Waals surface area contributed by atoms with Gasteiger partial charge in [0.2, 0.25) is 0 Å². The molecule has 1 rings (SSSR count). The van der Waals surface area contributed by atoms with Gasteiger partial charge in [-0.05, 0) is 34.7 Å². The number of nitrogens with two attached hydrogens (primary N) is 1. The Bertz CT molecular complexity index is 317. The van der Waals surface area contributed by atoms with Crippen molar-refractivity contribution >= 4 is 0 Å². The molecule has 92 valence electrons. The van der Waals surface area contributed by atoms with Gasteiger partial charge in [-0.2, -0.15) is 0 Å². The summed E-state index contributed by atoms with van der Waals surface area (Å²) in [6.07, 6.45) is 3.81. The molecule has 1 heterocycles. The smallest absolute Gasteiger partial charge is 0.0951 e. The Morgan fingerprint density at radius 1 is 1.38 bits per heavy atom. The van der Waals surface area contributed by atoms with Crippen molar-refractivity contribution in [3.8, 4) is 0 Å². The van der Waals surface area contributed by atoms with Crippen molar-refractivity contribution in [2.45, 2.75) is 45.8 Å². The molecule has 0 fully saturated rings. The average Bonchev–Trinajstić information content (AvgIpc) is 2.67. The Morgan fingerprint density at radius 2 is 2.00 bits per heavy atom. The minimum atomic E-state index is 0.241. The van der Waals surface area contributed by atoms with Gasteiger partial charge in [0, 0.05) is 24.8 Å². The van der Waals surface area contributed by atoms with Crippen LogP contribution in [0.2, 0.25) is 0 Å². The van der Waals surface area contributed by atoms with Crippen molar-refractivity contribution in [2.75, 3.05) is 13.6 Å². The van der Waals surface area contributed by atoms with E-state index in [9.17, 15) is 0 Å². The molecule has 4 heteroatoms. The fourth-order valence-electron chi connectivity index (χ4n) is 1.86. The number of imidazole rings is 1. The van der Waals surface area contributed by atoms with Crippen LogP contribution in [0.5, 0.6) is 0 Å². The summed E-state index contributed by atoms with van der Waals surface area (Å²) in [6, 6.07) is 1.14. The first kappa shape index (κ1) is 13.2. The Labute approximate surface area is 98.5 Å². The highest BCUT2D eigenvalue weighted by molar-refractivity contribution is 5.07. The number of likely N-dealkylation sites (N-methyl/N-ethyl adjacent to an activating group) is 1. The van der Waals surface area contributed by atoms with Gasteiger partial charge < -0.3 is 10.3 Å². The van der Waals surface area contributed by atoms with Gasteiger partial charge >= 0.3 is 0 Å². The molecular formula is C12H24N4. The van der Waals surface area contributed by atoms with Crippen molar-refractivity contribution in [1.82, 2.24) is 14.5 Å². The highest BCUT2D eigenvalue weighted by Crippen LogP contribution is 2.22. The van der Waals surface area contributed by atoms with Crippen molar-refractivity contribution in [3.05, 3.63) is 18.2 Å². The molecule has 0 saturated heterocycles. The van der Waals surface area contributed by atoms with Gasteiger partial charge in [0.15, 0.2) is 0 Å². The molecule has 1 unspecified atom stereocenters. The largest absolute Gasteiger partial charge is 0.331 e. The Morgan fingerprint density at radius 3 is 2.44 bits per heavy atom. The Balaban J connectivity index is 2.99. The predicted octanol–water partition coefficient (Wildman–Crippen LogP) is 1.80. The second-order valence-electron chi connectivity index (χ2n) is 4.83. The zero-order chi connectivity index (χ0) is 12.3. The van der Waals surface area contributed by atoms with Crippen LogP contribution >= 0.6 is 0 Å². The van der Waals surface area contributed by atoms with Crippen LogP contribution in [0.15, 0.2) is 12.5 Å². The van der Waals surface area contributed by atoms with Crippen LogP contribution in [0.3, 0.4) is 0 Å². The minimum Gasteiger partial charge on any atom is -0.331 e. The first-order valence-corrected chi connectivity index (χ1v) is 5.92. The van der Waals surface area contributed by atoms with Gasteiger partial charge in [0.25, 0.3) is 0 Å². The summed E-state index contributed by atoms with van der Waals surface area (Å²) in [4.78, 5) is 6.52. The van der Waals surface area contributed by atoms with E-state index < -0.39 is 0 Å². The summed E-state index contributed by atoms with van der Waals surface area (Å²) < 4.78 is 2.19. The quantitative estimate of drug-likeness (QED) is 0.829. The molecule has 1 aromatic rings. The number of aromatic nitrogens is 2. The number of nitrogens with zero attached hydrogens (tertiary/aromatic N) is 3. The maximum atomic E-state index is 5.89. The molecule has 0 aliphatic carbocycles. The summed E-state index contributed by atoms with van der Waals surface area (Å²) in [5, 5.41) is 0. The van der Waals surface area contributed by atoms with E-state index in [1.165, 1.54) is 5.69 Å². The third-order valence-electron chi connectivity index (χ3n) is 3.12. The lowest BCUT2D eigenvalue weighted by Gasteiger charge is -2.31. The van der Waals surface area contributed by atoms with Crippen molar-refractivity contribution in [2.24, 2.45) is 5.73 Å². The van der Waals surface area contributed by atoms with Crippen LogP contribution in [-0.2, 0) is 0 Å². The molecule has 0 saturated carbocycles. The molecule has 2 N–H and O–H groups in total. The van der Waals surface area contributed by atoms with E-state index in [1.54, 1.807) is 0 Å². The molecular weight excluding hydrogens is 200 g/mol. The molecule has 0 aliphatic heterocycles. The van der Waals surface area contributed by atoms with Crippen LogP contribution in [0, 0.1) is 0 Å². The lowest BCUT2D eigenvalue weighted by molar-refractivity contribution is 0.192. The molecule has 4 nitrogen and oxygen atoms in total. The molecule has 0 bridgehead atoms. The third-order valence-corrected chi connectivity index (χ3v) is 3.12. The third kappa shape index (κ3) is 2.62. The van der Waals surface area contributed by atoms with E-state index in [4.69, 9.17) is 5.73 Å². The highest BCUT2D eigenvalue weighted by Gasteiger charge is 2.21. The van der Waals surface area contributed by atoms with E-state index in [2.05, 4.69) is 49.2 Å². The summed E-state index contributed by atoms with van der Waals surface area (Å²) in [5.41, 5.74) is 7.09. The SMILES string of the molecule is CC(C)N(C)C(CN)c1cncn1C(C)C. The molecule has 1 aromatic heterocycles. The minimum absolute atomic E-state index is 0.241. The normalized spacial score (nSPS) is 14.1. The van der Waals surface area contributed by atoms with Crippen LogP contribution in [0.4, 0.5) is 0 Å². The molecule has 16 heavy (non-hydrogen) atoms. The molecule has 0 radical (unpaired) electrons. The highest BCUT2D eigenvalue weighted by atomic mass is 15.2. The van der Waals surface area contributed by atoms with Gasteiger partial charge in [0.1, 0.15) is 0 Å². The topological polar surface area (TPSA) is 47.1 Å². The maximum absolute atomic E-state index is 5.89. The standard InChI is InChI=1S/C12H24N4/c1-9(2)15(5)11(6-13)12-7-14-8-16(12)10(3)4/h7-11H,6,13H2,1-5H3. The van der Waals surface area contributed by atoms with E-state index in [0.29, 0.717) is 18.6 Å². The molecule has 0 aromatic carbocycles. The van der Waals surface area contributed by atoms with Crippen LogP contribution in [0.25, 0.3) is 0 Å². The van der Waals surface area contributed by atoms with Crippen molar-refractivity contribution in [3.63, 3.8) is 0 Å². The van der Waals surface area contributed by atoms with E-state index in [1.807, 2.05) is 12.5 Å². The summed E-state index contributed by atoms with van der Waals surface area (Å²) in [5.74, 6) is 0. The lowest BCUT2D eigenvalue weighted by Crippen LogP contribution is -2.36. The summed E-state index contributed by atoms with van der Waals surface area (Å²) in [6.45, 7) is 9.30. The molecule has 0 aliphatic rings. The van der Waals surface area contributed by atoms with Crippen molar-refractivity contribution in [1.29, 1.82) is 0 Å². The van der Waals surface area contributed by atoms with E-state index >= 15 is 0 Å². The maximum Gasteiger partial charge on any atom is 0.0951 e. The van der Waals surface area contributed by atoms with E-state index in [-0.39, 0.29) is 6.04 Å². The van der Waals surface area contributed by atoms with Crippen molar-refractivity contribution < 1.29 is 0 Å². The number of rotatable bonds is 5. The van der Waals surface area contributed by atoms with Gasteiger partial charge in [-0.3, -0.25) is 4.90 Å². The number of hydrogen-bond acceptors (Lipinski definition) is 3. The first-order valence-electron chi connectivity index (χ1n) is 5.92. The fourth-order valence-corrected chi connectivity index (χ4v) is 1.86. The van der Waals surface area contributed by atoms with Crippen LogP contribution in [0.1, 0.15) is 45.5 Å². The monoisotopic (exact) mass is 224 g/mol. The van der Waals surface area contributed by atoms with Gasteiger partial charge in [-0.15, -0.1) is 0 Å². The molecule has 0 amide bonds. The summed E-state index contributed by atoms with van der Waals surface area (Å²) in [7, 11) is 2.11. The Kier molecular flexibility index (Phi) is 4.50. The average molecular weight is 224 g/mol. The molecule has 1 atom stereocenters. The fraction of sp³-hybridized carbons (Fsp3) is 0.750. The lowest BCUT2D eigenvalue weighted by atomic mass is 10.1. The second kappa shape index (κ2) is 5.46.